The van der Waals surface area contributed by atoms with Crippen LogP contribution in [0.25, 0.3) is 22.2 Å². The first-order valence-corrected chi connectivity index (χ1v) is 9.30. The van der Waals surface area contributed by atoms with Crippen molar-refractivity contribution in [2.75, 3.05) is 12.1 Å². The van der Waals surface area contributed by atoms with E-state index in [4.69, 9.17) is 9.47 Å². The largest absolute Gasteiger partial charge is 0.454 e. The van der Waals surface area contributed by atoms with Gasteiger partial charge in [-0.05, 0) is 36.4 Å². The van der Waals surface area contributed by atoms with Crippen molar-refractivity contribution in [3.63, 3.8) is 0 Å². The van der Waals surface area contributed by atoms with E-state index < -0.39 is 10.8 Å². The fourth-order valence-electron chi connectivity index (χ4n) is 3.32. The molecule has 0 bridgehead atoms. The van der Waals surface area contributed by atoms with Crippen LogP contribution in [0.4, 0.5) is 11.5 Å². The van der Waals surface area contributed by atoms with Gasteiger partial charge in [0.2, 0.25) is 6.79 Å². The highest BCUT2D eigenvalue weighted by atomic mass is 16.7. The van der Waals surface area contributed by atoms with Gasteiger partial charge < -0.3 is 14.8 Å². The van der Waals surface area contributed by atoms with Gasteiger partial charge in [-0.25, -0.2) is 9.97 Å². The molecule has 2 aromatic carbocycles. The van der Waals surface area contributed by atoms with Gasteiger partial charge in [0.15, 0.2) is 11.5 Å². The number of carbonyl (C=O) groups excluding carboxylic acids is 1. The number of nitrogens with one attached hydrogen (secondary N) is 1. The molecule has 152 valence electrons. The van der Waals surface area contributed by atoms with Crippen LogP contribution in [0, 0.1) is 10.1 Å². The van der Waals surface area contributed by atoms with Crippen LogP contribution in [0.5, 0.6) is 11.5 Å². The van der Waals surface area contributed by atoms with E-state index in [1.54, 1.807) is 12.1 Å². The van der Waals surface area contributed by atoms with Crippen LogP contribution in [0.1, 0.15) is 10.4 Å². The summed E-state index contributed by atoms with van der Waals surface area (Å²) < 4.78 is 10.8. The van der Waals surface area contributed by atoms with Gasteiger partial charge in [0.25, 0.3) is 11.6 Å². The van der Waals surface area contributed by atoms with E-state index in [0.717, 1.165) is 11.8 Å². The Morgan fingerprint density at radius 2 is 1.87 bits per heavy atom. The van der Waals surface area contributed by atoms with E-state index in [0.29, 0.717) is 33.7 Å². The van der Waals surface area contributed by atoms with Crippen molar-refractivity contribution in [1.82, 2.24) is 9.97 Å². The molecule has 9 heteroatoms. The maximum Gasteiger partial charge on any atom is 0.287 e. The van der Waals surface area contributed by atoms with Crippen molar-refractivity contribution in [3.8, 4) is 22.8 Å². The van der Waals surface area contributed by atoms with Crippen LogP contribution in [0.2, 0.25) is 0 Å². The standard InChI is InChI=1S/C22H14N4O5/c27-22(25-21-8-6-14(11-23-21)26(28)29)16-10-18(24-17-4-2-1-3-15(16)17)13-5-7-19-20(9-13)31-12-30-19/h1-11H,12H2,(H,23,25,27). The van der Waals surface area contributed by atoms with E-state index in [1.165, 1.54) is 12.1 Å². The maximum atomic E-state index is 13.1. The van der Waals surface area contributed by atoms with E-state index >= 15 is 0 Å². The van der Waals surface area contributed by atoms with Crippen LogP contribution in [-0.4, -0.2) is 27.6 Å². The lowest BCUT2D eigenvalue weighted by Crippen LogP contribution is -2.14. The molecule has 0 aliphatic carbocycles. The predicted molar refractivity (Wildman–Crippen MR) is 112 cm³/mol. The zero-order chi connectivity index (χ0) is 21.4. The molecule has 1 N–H and O–H groups in total. The summed E-state index contributed by atoms with van der Waals surface area (Å²) in [5, 5.41) is 14.2. The van der Waals surface area contributed by atoms with E-state index in [1.807, 2.05) is 36.4 Å². The Balaban J connectivity index is 1.54. The Bertz CT molecular complexity index is 1340. The van der Waals surface area contributed by atoms with Crippen molar-refractivity contribution in [2.45, 2.75) is 0 Å². The molecule has 0 spiro atoms. The molecule has 0 saturated carbocycles. The number of rotatable bonds is 4. The van der Waals surface area contributed by atoms with Gasteiger partial charge in [0, 0.05) is 17.0 Å². The third kappa shape index (κ3) is 3.48. The Morgan fingerprint density at radius 1 is 1.03 bits per heavy atom. The molecule has 2 aromatic heterocycles. The number of para-hydroxylation sites is 1. The summed E-state index contributed by atoms with van der Waals surface area (Å²) in [7, 11) is 0. The maximum absolute atomic E-state index is 13.1. The minimum atomic E-state index is -0.549. The Hall–Kier alpha value is -4.53. The molecule has 1 aliphatic rings. The van der Waals surface area contributed by atoms with Crippen LogP contribution in [-0.2, 0) is 0 Å². The Kier molecular flexibility index (Phi) is 4.40. The van der Waals surface area contributed by atoms with Crippen molar-refractivity contribution in [2.24, 2.45) is 0 Å². The molecule has 0 saturated heterocycles. The normalized spacial score (nSPS) is 12.0. The topological polar surface area (TPSA) is 116 Å². The number of hydrogen-bond donors (Lipinski definition) is 1. The SMILES string of the molecule is O=C(Nc1ccc([N+](=O)[O-])cn1)c1cc(-c2ccc3c(c2)OCO3)nc2ccccc12. The molecule has 3 heterocycles. The quantitative estimate of drug-likeness (QED) is 0.393. The fourth-order valence-corrected chi connectivity index (χ4v) is 3.32. The summed E-state index contributed by atoms with van der Waals surface area (Å²) in [5.41, 5.74) is 2.27. The zero-order valence-electron chi connectivity index (χ0n) is 15.9. The summed E-state index contributed by atoms with van der Waals surface area (Å²) in [5.74, 6) is 1.09. The summed E-state index contributed by atoms with van der Waals surface area (Å²) in [6.07, 6.45) is 1.10. The number of hydrogen-bond acceptors (Lipinski definition) is 7. The third-order valence-electron chi connectivity index (χ3n) is 4.83. The molecule has 9 nitrogen and oxygen atoms in total. The highest BCUT2D eigenvalue weighted by molar-refractivity contribution is 6.12. The highest BCUT2D eigenvalue weighted by Crippen LogP contribution is 2.36. The number of ether oxygens (including phenoxy) is 2. The minimum Gasteiger partial charge on any atom is -0.454 e. The van der Waals surface area contributed by atoms with E-state index in [-0.39, 0.29) is 18.3 Å². The predicted octanol–water partition coefficient (Wildman–Crippen LogP) is 4.19. The number of aromatic nitrogens is 2. The molecular formula is C22H14N4O5. The lowest BCUT2D eigenvalue weighted by Gasteiger charge is -2.11. The van der Waals surface area contributed by atoms with Gasteiger partial charge in [0.1, 0.15) is 12.0 Å². The number of nitrogens with zero attached hydrogens (tertiary/aromatic N) is 3. The minimum absolute atomic E-state index is 0.155. The number of nitro groups is 1. The van der Waals surface area contributed by atoms with Crippen molar-refractivity contribution in [1.29, 1.82) is 0 Å². The van der Waals surface area contributed by atoms with Crippen LogP contribution < -0.4 is 14.8 Å². The number of amides is 1. The molecular weight excluding hydrogens is 400 g/mol. The number of fused-ring (bicyclic) bond motifs is 2. The van der Waals surface area contributed by atoms with Gasteiger partial charge in [-0.2, -0.15) is 0 Å². The van der Waals surface area contributed by atoms with Gasteiger partial charge >= 0.3 is 0 Å². The van der Waals surface area contributed by atoms with Crippen LogP contribution >= 0.6 is 0 Å². The van der Waals surface area contributed by atoms with Crippen molar-refractivity contribution < 1.29 is 19.2 Å². The monoisotopic (exact) mass is 414 g/mol. The van der Waals surface area contributed by atoms with E-state index in [9.17, 15) is 14.9 Å². The molecule has 1 aliphatic heterocycles. The molecule has 1 amide bonds. The summed E-state index contributed by atoms with van der Waals surface area (Å²) in [4.78, 5) is 31.9. The Labute approximate surface area is 175 Å². The molecule has 5 rings (SSSR count). The second-order valence-electron chi connectivity index (χ2n) is 6.75. The number of carbonyl (C=O) groups is 1. The summed E-state index contributed by atoms with van der Waals surface area (Å²) in [6, 6.07) is 17.1. The molecule has 0 fully saturated rings. The lowest BCUT2D eigenvalue weighted by atomic mass is 10.0. The van der Waals surface area contributed by atoms with Gasteiger partial charge in [0.05, 0.1) is 21.7 Å². The average Bonchev–Trinajstić information content (AvgIpc) is 3.26. The Morgan fingerprint density at radius 3 is 2.68 bits per heavy atom. The van der Waals surface area contributed by atoms with Crippen molar-refractivity contribution >= 4 is 28.3 Å². The molecule has 4 aromatic rings. The van der Waals surface area contributed by atoms with Crippen molar-refractivity contribution in [3.05, 3.63) is 82.5 Å². The number of anilines is 1. The summed E-state index contributed by atoms with van der Waals surface area (Å²) in [6.45, 7) is 0.166. The first-order chi connectivity index (χ1) is 15.1. The van der Waals surface area contributed by atoms with Gasteiger partial charge in [-0.3, -0.25) is 14.9 Å². The molecule has 31 heavy (non-hydrogen) atoms. The smallest absolute Gasteiger partial charge is 0.287 e. The zero-order valence-corrected chi connectivity index (χ0v) is 15.9. The van der Waals surface area contributed by atoms with Crippen LogP contribution in [0.15, 0.2) is 66.9 Å². The second kappa shape index (κ2) is 7.38. The summed E-state index contributed by atoms with van der Waals surface area (Å²) >= 11 is 0. The molecule has 0 atom stereocenters. The average molecular weight is 414 g/mol. The fraction of sp³-hybridized carbons (Fsp3) is 0.0455. The molecule has 0 unspecified atom stereocenters. The first kappa shape index (κ1) is 18.5. The van der Waals surface area contributed by atoms with E-state index in [2.05, 4.69) is 15.3 Å². The first-order valence-electron chi connectivity index (χ1n) is 9.30. The van der Waals surface area contributed by atoms with Gasteiger partial charge in [-0.1, -0.05) is 18.2 Å². The van der Waals surface area contributed by atoms with Gasteiger partial charge in [-0.15, -0.1) is 0 Å². The number of pyridine rings is 2. The highest BCUT2D eigenvalue weighted by Gasteiger charge is 2.18. The molecule has 0 radical (unpaired) electrons. The number of benzene rings is 2. The second-order valence-corrected chi connectivity index (χ2v) is 6.75. The third-order valence-corrected chi connectivity index (χ3v) is 4.83. The lowest BCUT2D eigenvalue weighted by molar-refractivity contribution is -0.385. The van der Waals surface area contributed by atoms with Crippen LogP contribution in [0.3, 0.4) is 0 Å².